The van der Waals surface area contributed by atoms with E-state index in [1.807, 2.05) is 44.2 Å². The van der Waals surface area contributed by atoms with Gasteiger partial charge in [-0.2, -0.15) is 5.26 Å². The Morgan fingerprint density at radius 2 is 1.75 bits per heavy atom. The quantitative estimate of drug-likeness (QED) is 0.877. The summed E-state index contributed by atoms with van der Waals surface area (Å²) in [5.74, 6) is -1.28. The Morgan fingerprint density at radius 1 is 1.04 bits per heavy atom. The molecule has 0 aliphatic carbocycles. The van der Waals surface area contributed by atoms with Gasteiger partial charge in [-0.3, -0.25) is 9.59 Å². The number of carbonyl (C=O) groups is 2. The number of Topliss-reactive ketones (excluding diaryl/α,β-unsaturated/α-hetero) is 1. The van der Waals surface area contributed by atoms with Crippen molar-refractivity contribution in [1.29, 1.82) is 5.26 Å². The van der Waals surface area contributed by atoms with Crippen LogP contribution in [0.2, 0.25) is 0 Å². The van der Waals surface area contributed by atoms with Crippen LogP contribution < -0.4 is 5.32 Å². The second kappa shape index (κ2) is 8.07. The highest BCUT2D eigenvalue weighted by Gasteiger charge is 2.20. The van der Waals surface area contributed by atoms with E-state index in [0.717, 1.165) is 16.8 Å². The van der Waals surface area contributed by atoms with Gasteiger partial charge >= 0.3 is 0 Å². The van der Waals surface area contributed by atoms with Gasteiger partial charge in [0.1, 0.15) is 5.92 Å². The maximum Gasteiger partial charge on any atom is 0.224 e. The van der Waals surface area contributed by atoms with Gasteiger partial charge in [0.05, 0.1) is 6.07 Å². The molecule has 122 valence electrons. The standard InChI is InChI=1S/C20H20N2O2/c1-14-8-9-17(12-15(14)2)22-20(24)11-10-19(23)18(13-21)16-6-4-3-5-7-16/h3-9,12,18H,10-11H2,1-2H3,(H,22,24)/t18-/m1/s1. The smallest absolute Gasteiger partial charge is 0.224 e. The van der Waals surface area contributed by atoms with E-state index in [4.69, 9.17) is 0 Å². The van der Waals surface area contributed by atoms with Crippen LogP contribution >= 0.6 is 0 Å². The summed E-state index contributed by atoms with van der Waals surface area (Å²) in [6, 6.07) is 16.6. The molecule has 0 aromatic heterocycles. The fourth-order valence-corrected chi connectivity index (χ4v) is 2.40. The molecule has 0 heterocycles. The SMILES string of the molecule is Cc1ccc(NC(=O)CCC(=O)[C@H](C#N)c2ccccc2)cc1C. The van der Waals surface area contributed by atoms with Gasteiger partial charge in [0.15, 0.2) is 5.78 Å². The topological polar surface area (TPSA) is 70.0 Å². The van der Waals surface area contributed by atoms with Gasteiger partial charge in [-0.05, 0) is 42.7 Å². The molecule has 1 N–H and O–H groups in total. The van der Waals surface area contributed by atoms with Crippen molar-refractivity contribution in [3.63, 3.8) is 0 Å². The fraction of sp³-hybridized carbons (Fsp3) is 0.250. The Bertz CT molecular complexity index is 776. The molecule has 1 atom stereocenters. The van der Waals surface area contributed by atoms with Crippen LogP contribution in [0.25, 0.3) is 0 Å². The first kappa shape index (κ1) is 17.4. The Hall–Kier alpha value is -2.93. The average Bonchev–Trinajstić information content (AvgIpc) is 2.58. The molecule has 1 amide bonds. The number of nitriles is 1. The summed E-state index contributed by atoms with van der Waals surface area (Å²) < 4.78 is 0. The van der Waals surface area contributed by atoms with E-state index in [9.17, 15) is 14.9 Å². The molecule has 2 aromatic rings. The third kappa shape index (κ3) is 4.53. The third-order valence-corrected chi connectivity index (χ3v) is 3.97. The number of hydrogen-bond donors (Lipinski definition) is 1. The maximum atomic E-state index is 12.2. The summed E-state index contributed by atoms with van der Waals surface area (Å²) in [7, 11) is 0. The lowest BCUT2D eigenvalue weighted by molar-refractivity contribution is -0.123. The zero-order chi connectivity index (χ0) is 17.5. The molecule has 0 radical (unpaired) electrons. The van der Waals surface area contributed by atoms with Crippen molar-refractivity contribution in [1.82, 2.24) is 0 Å². The van der Waals surface area contributed by atoms with E-state index < -0.39 is 5.92 Å². The van der Waals surface area contributed by atoms with Crippen LogP contribution in [0.15, 0.2) is 48.5 Å². The first-order chi connectivity index (χ1) is 11.5. The van der Waals surface area contributed by atoms with Crippen LogP contribution in [0.3, 0.4) is 0 Å². The number of ketones is 1. The number of carbonyl (C=O) groups excluding carboxylic acids is 2. The van der Waals surface area contributed by atoms with Crippen molar-refractivity contribution >= 4 is 17.4 Å². The summed E-state index contributed by atoms with van der Waals surface area (Å²) in [6.07, 6.45) is 0.112. The Balaban J connectivity index is 1.92. The van der Waals surface area contributed by atoms with E-state index >= 15 is 0 Å². The molecule has 0 aliphatic rings. The third-order valence-electron chi connectivity index (χ3n) is 3.97. The van der Waals surface area contributed by atoms with Gasteiger partial charge in [0, 0.05) is 18.5 Å². The first-order valence-electron chi connectivity index (χ1n) is 7.85. The average molecular weight is 320 g/mol. The highest BCUT2D eigenvalue weighted by atomic mass is 16.2. The molecule has 0 aliphatic heterocycles. The van der Waals surface area contributed by atoms with Crippen LogP contribution in [-0.4, -0.2) is 11.7 Å². The van der Waals surface area contributed by atoms with Gasteiger partial charge < -0.3 is 5.32 Å². The zero-order valence-electron chi connectivity index (χ0n) is 13.9. The van der Waals surface area contributed by atoms with Crippen LogP contribution in [-0.2, 0) is 9.59 Å². The number of aryl methyl sites for hydroxylation is 2. The van der Waals surface area contributed by atoms with E-state index in [1.165, 1.54) is 0 Å². The van der Waals surface area contributed by atoms with Crippen LogP contribution in [0.1, 0.15) is 35.4 Å². The van der Waals surface area contributed by atoms with Gasteiger partial charge in [0.25, 0.3) is 0 Å². The molecule has 0 saturated carbocycles. The second-order valence-corrected chi connectivity index (χ2v) is 5.79. The Labute approximate surface area is 142 Å². The monoisotopic (exact) mass is 320 g/mol. The van der Waals surface area contributed by atoms with Crippen molar-refractivity contribution in [2.75, 3.05) is 5.32 Å². The number of hydrogen-bond acceptors (Lipinski definition) is 3. The van der Waals surface area contributed by atoms with Crippen LogP contribution in [0.4, 0.5) is 5.69 Å². The van der Waals surface area contributed by atoms with Crippen LogP contribution in [0, 0.1) is 25.2 Å². The number of anilines is 1. The van der Waals surface area contributed by atoms with E-state index in [2.05, 4.69) is 5.32 Å². The molecular weight excluding hydrogens is 300 g/mol. The van der Waals surface area contributed by atoms with Crippen molar-refractivity contribution in [3.8, 4) is 6.07 Å². The molecule has 4 nitrogen and oxygen atoms in total. The van der Waals surface area contributed by atoms with Crippen LogP contribution in [0.5, 0.6) is 0 Å². The Kier molecular flexibility index (Phi) is 5.86. The summed E-state index contributed by atoms with van der Waals surface area (Å²) >= 11 is 0. The number of nitrogens with zero attached hydrogens (tertiary/aromatic N) is 1. The summed E-state index contributed by atoms with van der Waals surface area (Å²) in [5.41, 5.74) is 3.63. The molecule has 2 rings (SSSR count). The van der Waals surface area contributed by atoms with Gasteiger partial charge in [-0.15, -0.1) is 0 Å². The van der Waals surface area contributed by atoms with Gasteiger partial charge in [0.2, 0.25) is 5.91 Å². The number of benzene rings is 2. The van der Waals surface area contributed by atoms with Crippen molar-refractivity contribution in [3.05, 3.63) is 65.2 Å². The summed E-state index contributed by atoms with van der Waals surface area (Å²) in [6.45, 7) is 3.98. The minimum atomic E-state index is -0.819. The van der Waals surface area contributed by atoms with Crippen molar-refractivity contribution in [2.45, 2.75) is 32.6 Å². The minimum absolute atomic E-state index is 0.0454. The molecule has 4 heteroatoms. The number of rotatable bonds is 6. The lowest BCUT2D eigenvalue weighted by atomic mass is 9.93. The van der Waals surface area contributed by atoms with E-state index in [-0.39, 0.29) is 24.5 Å². The van der Waals surface area contributed by atoms with Gasteiger partial charge in [-0.1, -0.05) is 36.4 Å². The maximum absolute atomic E-state index is 12.2. The normalized spacial score (nSPS) is 11.4. The highest BCUT2D eigenvalue weighted by Crippen LogP contribution is 2.19. The second-order valence-electron chi connectivity index (χ2n) is 5.79. The highest BCUT2D eigenvalue weighted by molar-refractivity contribution is 5.96. The van der Waals surface area contributed by atoms with E-state index in [0.29, 0.717) is 5.56 Å². The molecule has 0 saturated heterocycles. The molecule has 0 spiro atoms. The molecular formula is C20H20N2O2. The molecule has 2 aromatic carbocycles. The molecule has 0 unspecified atom stereocenters. The molecule has 24 heavy (non-hydrogen) atoms. The minimum Gasteiger partial charge on any atom is -0.326 e. The van der Waals surface area contributed by atoms with Crippen molar-refractivity contribution in [2.24, 2.45) is 0 Å². The summed E-state index contributed by atoms with van der Waals surface area (Å²) in [4.78, 5) is 24.2. The fourth-order valence-electron chi connectivity index (χ4n) is 2.40. The van der Waals surface area contributed by atoms with Gasteiger partial charge in [-0.25, -0.2) is 0 Å². The lowest BCUT2D eigenvalue weighted by Crippen LogP contribution is -2.16. The predicted octanol–water partition coefficient (Wildman–Crippen LogP) is 3.90. The molecule has 0 fully saturated rings. The predicted molar refractivity (Wildman–Crippen MR) is 93.6 cm³/mol. The number of amides is 1. The largest absolute Gasteiger partial charge is 0.326 e. The van der Waals surface area contributed by atoms with E-state index in [1.54, 1.807) is 24.3 Å². The zero-order valence-corrected chi connectivity index (χ0v) is 13.9. The Morgan fingerprint density at radius 3 is 2.38 bits per heavy atom. The molecule has 0 bridgehead atoms. The first-order valence-corrected chi connectivity index (χ1v) is 7.85. The lowest BCUT2D eigenvalue weighted by Gasteiger charge is -2.10. The number of nitrogens with one attached hydrogen (secondary N) is 1. The van der Waals surface area contributed by atoms with Crippen molar-refractivity contribution < 1.29 is 9.59 Å². The summed E-state index contributed by atoms with van der Waals surface area (Å²) in [5, 5.41) is 12.0.